The molecular weight excluding hydrogens is 479 g/mol. The molecule has 0 aliphatic heterocycles. The summed E-state index contributed by atoms with van der Waals surface area (Å²) in [5.41, 5.74) is 2.14. The van der Waals surface area contributed by atoms with E-state index in [2.05, 4.69) is 20.9 Å². The van der Waals surface area contributed by atoms with Crippen LogP contribution in [0, 0.1) is 5.92 Å². The molecule has 29 heavy (non-hydrogen) atoms. The molecule has 3 N–H and O–H groups in total. The van der Waals surface area contributed by atoms with E-state index in [1.165, 1.54) is 12.8 Å². The molecular formula is C22H29IN4O2. The molecule has 1 aliphatic rings. The molecule has 7 heteroatoms. The van der Waals surface area contributed by atoms with Gasteiger partial charge in [0.2, 0.25) is 5.91 Å². The van der Waals surface area contributed by atoms with Crippen LogP contribution in [0.2, 0.25) is 0 Å². The predicted molar refractivity (Wildman–Crippen MR) is 127 cm³/mol. The zero-order valence-electron chi connectivity index (χ0n) is 16.7. The summed E-state index contributed by atoms with van der Waals surface area (Å²) in [6.45, 7) is 2.03. The van der Waals surface area contributed by atoms with Gasteiger partial charge in [0.1, 0.15) is 5.75 Å². The quantitative estimate of drug-likeness (QED) is 0.277. The summed E-state index contributed by atoms with van der Waals surface area (Å²) in [5.74, 6) is 2.11. The van der Waals surface area contributed by atoms with Gasteiger partial charge in [-0.25, -0.2) is 0 Å². The fourth-order valence-electron chi connectivity index (χ4n) is 2.71. The smallest absolute Gasteiger partial charge is 0.239 e. The zero-order chi connectivity index (χ0) is 19.6. The summed E-state index contributed by atoms with van der Waals surface area (Å²) in [6.07, 6.45) is 2.53. The van der Waals surface area contributed by atoms with Crippen molar-refractivity contribution in [2.75, 3.05) is 20.2 Å². The molecule has 156 valence electrons. The molecule has 1 fully saturated rings. The Balaban J connectivity index is 0.00000300. The topological polar surface area (TPSA) is 74.8 Å². The molecule has 0 atom stereocenters. The number of amides is 1. The van der Waals surface area contributed by atoms with Gasteiger partial charge in [0.05, 0.1) is 13.2 Å². The first-order chi connectivity index (χ1) is 13.7. The van der Waals surface area contributed by atoms with E-state index >= 15 is 0 Å². The van der Waals surface area contributed by atoms with Gasteiger partial charge in [0.15, 0.2) is 5.96 Å². The van der Waals surface area contributed by atoms with Gasteiger partial charge in [-0.1, -0.05) is 48.5 Å². The van der Waals surface area contributed by atoms with Gasteiger partial charge >= 0.3 is 0 Å². The van der Waals surface area contributed by atoms with Crippen LogP contribution in [0.15, 0.2) is 59.6 Å². The van der Waals surface area contributed by atoms with E-state index in [1.807, 2.05) is 54.6 Å². The highest BCUT2D eigenvalue weighted by atomic mass is 127. The fraction of sp³-hybridized carbons (Fsp3) is 0.364. The van der Waals surface area contributed by atoms with E-state index in [0.29, 0.717) is 25.0 Å². The number of ether oxygens (including phenoxy) is 1. The van der Waals surface area contributed by atoms with Gasteiger partial charge in [-0.15, -0.1) is 24.0 Å². The van der Waals surface area contributed by atoms with Crippen LogP contribution in [0.3, 0.4) is 0 Å². The number of para-hydroxylation sites is 1. The number of nitrogens with zero attached hydrogens (tertiary/aromatic N) is 1. The number of carbonyl (C=O) groups is 1. The monoisotopic (exact) mass is 508 g/mol. The van der Waals surface area contributed by atoms with E-state index in [4.69, 9.17) is 4.74 Å². The second-order valence-electron chi connectivity index (χ2n) is 6.90. The third kappa shape index (κ3) is 8.31. The number of hydrogen-bond donors (Lipinski definition) is 3. The average molecular weight is 508 g/mol. The van der Waals surface area contributed by atoms with Crippen LogP contribution in [0.1, 0.15) is 24.0 Å². The van der Waals surface area contributed by atoms with Crippen molar-refractivity contribution in [1.82, 2.24) is 16.0 Å². The second kappa shape index (κ2) is 12.3. The Labute approximate surface area is 189 Å². The Morgan fingerprint density at radius 3 is 2.45 bits per heavy atom. The molecule has 0 heterocycles. The lowest BCUT2D eigenvalue weighted by molar-refractivity contribution is -0.120. The third-order valence-electron chi connectivity index (χ3n) is 4.56. The maximum absolute atomic E-state index is 12.0. The molecule has 0 saturated heterocycles. The van der Waals surface area contributed by atoms with Gasteiger partial charge in [-0.2, -0.15) is 0 Å². The van der Waals surface area contributed by atoms with Crippen molar-refractivity contribution in [2.45, 2.75) is 25.9 Å². The fourth-order valence-corrected chi connectivity index (χ4v) is 2.71. The van der Waals surface area contributed by atoms with Gasteiger partial charge in [0.25, 0.3) is 0 Å². The lowest BCUT2D eigenvalue weighted by Gasteiger charge is -2.15. The van der Waals surface area contributed by atoms with E-state index in [1.54, 1.807) is 7.05 Å². The molecule has 0 spiro atoms. The van der Waals surface area contributed by atoms with E-state index in [9.17, 15) is 4.79 Å². The Kier molecular flexibility index (Phi) is 9.76. The van der Waals surface area contributed by atoms with Crippen LogP contribution in [-0.2, 0) is 17.9 Å². The number of halogens is 1. The summed E-state index contributed by atoms with van der Waals surface area (Å²) in [6, 6.07) is 17.8. The first-order valence-electron chi connectivity index (χ1n) is 9.70. The maximum Gasteiger partial charge on any atom is 0.239 e. The molecule has 6 nitrogen and oxygen atoms in total. The summed E-state index contributed by atoms with van der Waals surface area (Å²) in [5, 5.41) is 9.17. The molecule has 0 aromatic heterocycles. The molecule has 3 rings (SSSR count). The predicted octanol–water partition coefficient (Wildman–Crippen LogP) is 3.07. The minimum Gasteiger partial charge on any atom is -0.493 e. The minimum absolute atomic E-state index is 0. The lowest BCUT2D eigenvalue weighted by atomic mass is 10.2. The van der Waals surface area contributed by atoms with Crippen LogP contribution in [0.4, 0.5) is 0 Å². The first kappa shape index (κ1) is 23.0. The number of carbonyl (C=O) groups excluding carboxylic acids is 1. The molecule has 0 radical (unpaired) electrons. The molecule has 1 amide bonds. The summed E-state index contributed by atoms with van der Waals surface area (Å²) in [4.78, 5) is 16.2. The Hall–Kier alpha value is -2.29. The van der Waals surface area contributed by atoms with Crippen molar-refractivity contribution in [1.29, 1.82) is 0 Å². The Bertz CT molecular complexity index is 794. The number of aliphatic imine (C=N–C) groups is 1. The number of rotatable bonds is 9. The van der Waals surface area contributed by atoms with Crippen LogP contribution >= 0.6 is 24.0 Å². The first-order valence-corrected chi connectivity index (χ1v) is 9.70. The second-order valence-corrected chi connectivity index (χ2v) is 6.90. The van der Waals surface area contributed by atoms with E-state index in [-0.39, 0.29) is 36.4 Å². The van der Waals surface area contributed by atoms with E-state index < -0.39 is 0 Å². The van der Waals surface area contributed by atoms with E-state index in [0.717, 1.165) is 23.5 Å². The SMILES string of the molecule is CN=C(NCC(=O)NCc1ccccc1)NCc1ccccc1OCC1CC1.I. The van der Waals surface area contributed by atoms with Crippen LogP contribution in [0.5, 0.6) is 5.75 Å². The number of guanidine groups is 1. The number of benzene rings is 2. The lowest BCUT2D eigenvalue weighted by Crippen LogP contribution is -2.42. The minimum atomic E-state index is -0.0834. The highest BCUT2D eigenvalue weighted by Gasteiger charge is 2.22. The summed E-state index contributed by atoms with van der Waals surface area (Å²) in [7, 11) is 1.69. The average Bonchev–Trinajstić information content (AvgIpc) is 3.57. The zero-order valence-corrected chi connectivity index (χ0v) is 19.0. The van der Waals surface area contributed by atoms with Crippen molar-refractivity contribution >= 4 is 35.8 Å². The standard InChI is InChI=1S/C22H28N4O2.HI/c1-23-22(26-15-21(27)24-13-17-7-3-2-4-8-17)25-14-19-9-5-6-10-20(19)28-16-18-11-12-18;/h2-10,18H,11-16H2,1H3,(H,24,27)(H2,23,25,26);1H. The number of nitrogens with one attached hydrogen (secondary N) is 3. The third-order valence-corrected chi connectivity index (χ3v) is 4.56. The molecule has 1 aliphatic carbocycles. The van der Waals surface area contributed by atoms with Crippen molar-refractivity contribution in [3.8, 4) is 5.75 Å². The summed E-state index contributed by atoms with van der Waals surface area (Å²) >= 11 is 0. The van der Waals surface area contributed by atoms with Gasteiger partial charge in [-0.05, 0) is 30.4 Å². The largest absolute Gasteiger partial charge is 0.493 e. The van der Waals surface area contributed by atoms with Crippen LogP contribution in [-0.4, -0.2) is 32.1 Å². The van der Waals surface area contributed by atoms with Crippen LogP contribution in [0.25, 0.3) is 0 Å². The molecule has 1 saturated carbocycles. The highest BCUT2D eigenvalue weighted by molar-refractivity contribution is 14.0. The van der Waals surface area contributed by atoms with Crippen molar-refractivity contribution in [3.63, 3.8) is 0 Å². The van der Waals surface area contributed by atoms with Crippen LogP contribution < -0.4 is 20.7 Å². The molecule has 2 aromatic carbocycles. The van der Waals surface area contributed by atoms with Crippen molar-refractivity contribution in [3.05, 3.63) is 65.7 Å². The number of hydrogen-bond acceptors (Lipinski definition) is 3. The van der Waals surface area contributed by atoms with Crippen molar-refractivity contribution < 1.29 is 9.53 Å². The molecule has 0 bridgehead atoms. The highest BCUT2D eigenvalue weighted by Crippen LogP contribution is 2.30. The van der Waals surface area contributed by atoms with Crippen molar-refractivity contribution in [2.24, 2.45) is 10.9 Å². The summed E-state index contributed by atoms with van der Waals surface area (Å²) < 4.78 is 5.93. The van der Waals surface area contributed by atoms with Gasteiger partial charge < -0.3 is 20.7 Å². The Morgan fingerprint density at radius 2 is 1.72 bits per heavy atom. The molecule has 0 unspecified atom stereocenters. The van der Waals surface area contributed by atoms with Gasteiger partial charge in [0, 0.05) is 25.7 Å². The normalized spacial score (nSPS) is 13.2. The van der Waals surface area contributed by atoms with Gasteiger partial charge in [-0.3, -0.25) is 9.79 Å². The molecule has 2 aromatic rings. The maximum atomic E-state index is 12.0. The Morgan fingerprint density at radius 1 is 1.00 bits per heavy atom.